The normalized spacial score (nSPS) is 13.4. The fourth-order valence-corrected chi connectivity index (χ4v) is 3.43. The molecule has 0 aliphatic heterocycles. The number of hydrogen-bond donors (Lipinski definition) is 0. The molecule has 8 nitrogen and oxygen atoms in total. The Labute approximate surface area is 167 Å². The van der Waals surface area contributed by atoms with E-state index >= 15 is 0 Å². The lowest BCUT2D eigenvalue weighted by molar-refractivity contribution is -0.384. The van der Waals surface area contributed by atoms with Gasteiger partial charge >= 0.3 is 0 Å². The fraction of sp³-hybridized carbons (Fsp3) is 0.333. The van der Waals surface area contributed by atoms with Crippen LogP contribution in [0.5, 0.6) is 5.75 Å². The van der Waals surface area contributed by atoms with E-state index in [1.165, 1.54) is 12.1 Å². The smallest absolute Gasteiger partial charge is 0.271 e. The van der Waals surface area contributed by atoms with Gasteiger partial charge in [-0.2, -0.15) is 5.10 Å². The van der Waals surface area contributed by atoms with E-state index < -0.39 is 4.92 Å². The molecule has 1 aromatic heterocycles. The molecule has 1 amide bonds. The highest BCUT2D eigenvalue weighted by Crippen LogP contribution is 2.29. The average Bonchev–Trinajstić information content (AvgIpc) is 3.50. The zero-order valence-electron chi connectivity index (χ0n) is 16.2. The van der Waals surface area contributed by atoms with Gasteiger partial charge in [-0.05, 0) is 36.6 Å². The molecule has 4 rings (SSSR count). The van der Waals surface area contributed by atoms with Crippen molar-refractivity contribution in [3.63, 3.8) is 0 Å². The molecular weight excluding hydrogens is 372 g/mol. The molecule has 0 unspecified atom stereocenters. The molecule has 1 aliphatic rings. The second-order valence-corrected chi connectivity index (χ2v) is 7.22. The fourth-order valence-electron chi connectivity index (χ4n) is 3.43. The number of hydrogen-bond acceptors (Lipinski definition) is 5. The first-order valence-electron chi connectivity index (χ1n) is 9.57. The van der Waals surface area contributed by atoms with Crippen molar-refractivity contribution < 1.29 is 14.5 Å². The van der Waals surface area contributed by atoms with Crippen molar-refractivity contribution in [1.29, 1.82) is 0 Å². The van der Waals surface area contributed by atoms with Gasteiger partial charge in [0.05, 0.1) is 30.3 Å². The lowest BCUT2D eigenvalue weighted by atomic mass is 10.2. The van der Waals surface area contributed by atoms with Crippen molar-refractivity contribution >= 4 is 22.5 Å². The summed E-state index contributed by atoms with van der Waals surface area (Å²) in [4.78, 5) is 25.4. The third-order valence-electron chi connectivity index (χ3n) is 5.20. The van der Waals surface area contributed by atoms with Crippen LogP contribution in [0.3, 0.4) is 0 Å². The summed E-state index contributed by atoms with van der Waals surface area (Å²) in [7, 11) is 1.63. The molecule has 1 fully saturated rings. The summed E-state index contributed by atoms with van der Waals surface area (Å²) in [5.74, 6) is 0.857. The Hall–Kier alpha value is -3.42. The molecule has 1 aliphatic carbocycles. The van der Waals surface area contributed by atoms with E-state index in [4.69, 9.17) is 4.74 Å². The number of rotatable bonds is 8. The molecule has 150 valence electrons. The molecule has 0 bridgehead atoms. The van der Waals surface area contributed by atoms with Crippen LogP contribution in [-0.4, -0.2) is 38.7 Å². The topological polar surface area (TPSA) is 90.5 Å². The minimum atomic E-state index is -0.425. The minimum absolute atomic E-state index is 0.0182. The standard InChI is InChI=1S/C21H22N4O4/c1-29-19-8-2-15(3-9-19)14-23(17-6-7-17)21(26)10-11-24-20-12-18(25(27)28)5-4-16(20)13-22-24/h2-5,8-9,12-13,17H,6-7,10-11,14H2,1H3. The van der Waals surface area contributed by atoms with Crippen LogP contribution in [0.15, 0.2) is 48.7 Å². The Kier molecular flexibility index (Phi) is 5.16. The first-order valence-corrected chi connectivity index (χ1v) is 9.57. The maximum atomic E-state index is 12.9. The molecule has 0 atom stereocenters. The zero-order chi connectivity index (χ0) is 20.4. The van der Waals surface area contributed by atoms with Gasteiger partial charge in [-0.25, -0.2) is 0 Å². The van der Waals surface area contributed by atoms with Gasteiger partial charge in [-0.3, -0.25) is 19.6 Å². The van der Waals surface area contributed by atoms with Crippen LogP contribution in [0.2, 0.25) is 0 Å². The first kappa shape index (κ1) is 18.9. The number of nitro benzene ring substituents is 1. The quantitative estimate of drug-likeness (QED) is 0.431. The molecule has 29 heavy (non-hydrogen) atoms. The summed E-state index contributed by atoms with van der Waals surface area (Å²) >= 11 is 0. The van der Waals surface area contributed by atoms with Crippen LogP contribution in [0, 0.1) is 10.1 Å². The second-order valence-electron chi connectivity index (χ2n) is 7.22. The molecule has 0 radical (unpaired) electrons. The highest BCUT2D eigenvalue weighted by molar-refractivity contribution is 5.81. The first-order chi connectivity index (χ1) is 14.0. The van der Waals surface area contributed by atoms with Crippen molar-refractivity contribution in [2.75, 3.05) is 7.11 Å². The Bertz CT molecular complexity index is 1040. The molecule has 8 heteroatoms. The van der Waals surface area contributed by atoms with Crippen molar-refractivity contribution in [2.24, 2.45) is 0 Å². The Morgan fingerprint density at radius 3 is 2.69 bits per heavy atom. The number of aromatic nitrogens is 2. The number of nitro groups is 1. The monoisotopic (exact) mass is 394 g/mol. The Balaban J connectivity index is 1.45. The van der Waals surface area contributed by atoms with Gasteiger partial charge in [-0.1, -0.05) is 12.1 Å². The second kappa shape index (κ2) is 7.90. The van der Waals surface area contributed by atoms with Gasteiger partial charge in [0, 0.05) is 36.5 Å². The maximum Gasteiger partial charge on any atom is 0.271 e. The average molecular weight is 394 g/mol. The highest BCUT2D eigenvalue weighted by Gasteiger charge is 2.32. The molecule has 2 aromatic carbocycles. The minimum Gasteiger partial charge on any atom is -0.497 e. The number of benzene rings is 2. The molecule has 3 aromatic rings. The summed E-state index contributed by atoms with van der Waals surface area (Å²) in [5.41, 5.74) is 1.75. The zero-order valence-corrected chi connectivity index (χ0v) is 16.2. The molecule has 0 N–H and O–H groups in total. The van der Waals surface area contributed by atoms with Gasteiger partial charge in [0.1, 0.15) is 5.75 Å². The number of non-ortho nitro benzene ring substituents is 1. The lowest BCUT2D eigenvalue weighted by Crippen LogP contribution is -2.33. The van der Waals surface area contributed by atoms with E-state index in [9.17, 15) is 14.9 Å². The summed E-state index contributed by atoms with van der Waals surface area (Å²) in [6, 6.07) is 12.7. The predicted molar refractivity (Wildman–Crippen MR) is 108 cm³/mol. The number of amides is 1. The summed E-state index contributed by atoms with van der Waals surface area (Å²) in [6.07, 6.45) is 4.02. The Morgan fingerprint density at radius 2 is 2.03 bits per heavy atom. The third kappa shape index (κ3) is 4.21. The van der Waals surface area contributed by atoms with E-state index in [0.717, 1.165) is 29.5 Å². The van der Waals surface area contributed by atoms with Crippen molar-refractivity contribution in [2.45, 2.75) is 38.4 Å². The number of carbonyl (C=O) groups excluding carboxylic acids is 1. The van der Waals surface area contributed by atoms with E-state index in [0.29, 0.717) is 31.1 Å². The SMILES string of the molecule is COc1ccc(CN(C(=O)CCn2ncc3ccc([N+](=O)[O-])cc32)C2CC2)cc1. The van der Waals surface area contributed by atoms with Crippen molar-refractivity contribution in [1.82, 2.24) is 14.7 Å². The van der Waals surface area contributed by atoms with Crippen LogP contribution < -0.4 is 4.74 Å². The van der Waals surface area contributed by atoms with Crippen LogP contribution in [0.4, 0.5) is 5.69 Å². The number of nitrogens with zero attached hydrogens (tertiary/aromatic N) is 4. The largest absolute Gasteiger partial charge is 0.497 e. The van der Waals surface area contributed by atoms with Crippen molar-refractivity contribution in [3.05, 3.63) is 64.3 Å². The van der Waals surface area contributed by atoms with E-state index in [1.807, 2.05) is 29.2 Å². The number of carbonyl (C=O) groups is 1. The van der Waals surface area contributed by atoms with E-state index in [1.54, 1.807) is 24.1 Å². The third-order valence-corrected chi connectivity index (χ3v) is 5.20. The van der Waals surface area contributed by atoms with Gasteiger partial charge in [0.25, 0.3) is 5.69 Å². The van der Waals surface area contributed by atoms with Crippen LogP contribution >= 0.6 is 0 Å². The van der Waals surface area contributed by atoms with Gasteiger partial charge in [-0.15, -0.1) is 0 Å². The molecule has 1 saturated carbocycles. The van der Waals surface area contributed by atoms with E-state index in [-0.39, 0.29) is 11.6 Å². The molecule has 1 heterocycles. The predicted octanol–water partition coefficient (Wildman–Crippen LogP) is 3.53. The number of aryl methyl sites for hydroxylation is 1. The van der Waals surface area contributed by atoms with E-state index in [2.05, 4.69) is 5.10 Å². The Morgan fingerprint density at radius 1 is 1.28 bits per heavy atom. The van der Waals surface area contributed by atoms with Gasteiger partial charge in [0.2, 0.25) is 5.91 Å². The van der Waals surface area contributed by atoms with Crippen molar-refractivity contribution in [3.8, 4) is 5.75 Å². The highest BCUT2D eigenvalue weighted by atomic mass is 16.6. The van der Waals surface area contributed by atoms with Crippen LogP contribution in [0.1, 0.15) is 24.8 Å². The molecule has 0 saturated heterocycles. The van der Waals surface area contributed by atoms with Crippen LogP contribution in [0.25, 0.3) is 10.9 Å². The maximum absolute atomic E-state index is 12.9. The molecular formula is C21H22N4O4. The summed E-state index contributed by atoms with van der Waals surface area (Å²) in [6.45, 7) is 0.953. The number of ether oxygens (including phenoxy) is 1. The lowest BCUT2D eigenvalue weighted by Gasteiger charge is -2.23. The summed E-state index contributed by atoms with van der Waals surface area (Å²) in [5, 5.41) is 16.2. The van der Waals surface area contributed by atoms with Gasteiger partial charge in [0.15, 0.2) is 0 Å². The molecule has 0 spiro atoms. The van der Waals surface area contributed by atoms with Crippen LogP contribution in [-0.2, 0) is 17.9 Å². The summed E-state index contributed by atoms with van der Waals surface area (Å²) < 4.78 is 6.85. The van der Waals surface area contributed by atoms with Gasteiger partial charge < -0.3 is 9.64 Å². The number of fused-ring (bicyclic) bond motifs is 1. The number of methoxy groups -OCH3 is 1.